The molecule has 6 N–H and O–H groups in total. The van der Waals surface area contributed by atoms with E-state index in [1.807, 2.05) is 24.3 Å². The molecule has 0 spiro atoms. The minimum absolute atomic E-state index is 0.198. The zero-order valence-corrected chi connectivity index (χ0v) is 19.7. The van der Waals surface area contributed by atoms with E-state index in [2.05, 4.69) is 31.8 Å². The van der Waals surface area contributed by atoms with Crippen LogP contribution in [-0.2, 0) is 6.42 Å². The van der Waals surface area contributed by atoms with Gasteiger partial charge in [-0.2, -0.15) is 0 Å². The highest BCUT2D eigenvalue weighted by Crippen LogP contribution is 2.48. The van der Waals surface area contributed by atoms with Crippen molar-refractivity contribution in [2.75, 3.05) is 11.5 Å². The van der Waals surface area contributed by atoms with E-state index in [9.17, 15) is 14.6 Å². The van der Waals surface area contributed by atoms with Gasteiger partial charge in [0.25, 0.3) is 0 Å². The average molecular weight is 524 g/mol. The van der Waals surface area contributed by atoms with Crippen LogP contribution in [0.5, 0.6) is 0 Å². The molecule has 9 heteroatoms. The fourth-order valence-corrected chi connectivity index (χ4v) is 5.38. The van der Waals surface area contributed by atoms with Crippen molar-refractivity contribution in [1.82, 2.24) is 14.5 Å². The minimum atomic E-state index is -1.17. The largest absolute Gasteiger partial charge is 0.389 e. The van der Waals surface area contributed by atoms with E-state index in [4.69, 9.17) is 17.9 Å². The number of hydrogen-bond acceptors (Lipinski definition) is 6. The number of nitrogen functional groups attached to an aromatic ring is 2. The lowest BCUT2D eigenvalue weighted by molar-refractivity contribution is -0.0115. The summed E-state index contributed by atoms with van der Waals surface area (Å²) in [7, 11) is 0. The molecule has 0 unspecified atom stereocenters. The van der Waals surface area contributed by atoms with E-state index < -0.39 is 29.5 Å². The molecule has 0 radical (unpaired) electrons. The fourth-order valence-electron chi connectivity index (χ4n) is 5.05. The number of aryl methyl sites for hydroxylation is 1. The Morgan fingerprint density at radius 2 is 2.03 bits per heavy atom. The highest BCUT2D eigenvalue weighted by atomic mass is 79.9. The number of aromatic nitrogens is 3. The Labute approximate surface area is 203 Å². The highest BCUT2D eigenvalue weighted by Gasteiger charge is 2.52. The van der Waals surface area contributed by atoms with Gasteiger partial charge < -0.3 is 26.2 Å². The second kappa shape index (κ2) is 8.24. The molecule has 1 aliphatic carbocycles. The number of fused-ring (bicyclic) bond motifs is 2. The molecule has 1 aliphatic rings. The summed E-state index contributed by atoms with van der Waals surface area (Å²) in [6.45, 7) is 0. The maximum atomic E-state index is 14.6. The SMILES string of the molecule is C#C[C@]1(CCc2ccc3cc(Br)c(N)nc3c2)C[C@@H](n2ccc3c(N)ncc(F)c32)[C@H](O)[C@@H]1O. The Morgan fingerprint density at radius 3 is 2.79 bits per heavy atom. The van der Waals surface area contributed by atoms with Gasteiger partial charge in [0.2, 0.25) is 0 Å². The molecule has 4 aromatic rings. The average Bonchev–Trinajstić information content (AvgIpc) is 3.37. The first-order valence-electron chi connectivity index (χ1n) is 10.8. The Hall–Kier alpha value is -3.19. The molecular formula is C25H23BrFN5O2. The molecule has 3 heterocycles. The third kappa shape index (κ3) is 3.50. The predicted octanol–water partition coefficient (Wildman–Crippen LogP) is 3.57. The van der Waals surface area contributed by atoms with Gasteiger partial charge in [-0.3, -0.25) is 0 Å². The fraction of sp³-hybridized carbons (Fsp3) is 0.280. The summed E-state index contributed by atoms with van der Waals surface area (Å²) in [5.74, 6) is 2.80. The van der Waals surface area contributed by atoms with Crippen molar-refractivity contribution in [3.05, 3.63) is 58.6 Å². The molecule has 34 heavy (non-hydrogen) atoms. The molecule has 0 bridgehead atoms. The first kappa shape index (κ1) is 22.6. The van der Waals surface area contributed by atoms with Gasteiger partial charge in [0.05, 0.1) is 39.3 Å². The van der Waals surface area contributed by atoms with Crippen LogP contribution in [-0.4, -0.2) is 37.0 Å². The van der Waals surface area contributed by atoms with Crippen molar-refractivity contribution in [3.8, 4) is 12.3 Å². The lowest BCUT2D eigenvalue weighted by atomic mass is 9.79. The second-order valence-corrected chi connectivity index (χ2v) is 9.72. The van der Waals surface area contributed by atoms with Gasteiger partial charge in [-0.25, -0.2) is 14.4 Å². The zero-order chi connectivity index (χ0) is 24.2. The van der Waals surface area contributed by atoms with Crippen LogP contribution in [0.1, 0.15) is 24.4 Å². The summed E-state index contributed by atoms with van der Waals surface area (Å²) in [5.41, 5.74) is 12.8. The number of terminal acetylenes is 1. The van der Waals surface area contributed by atoms with Crippen LogP contribution in [0.4, 0.5) is 16.0 Å². The van der Waals surface area contributed by atoms with Crippen molar-refractivity contribution in [2.45, 2.75) is 37.5 Å². The van der Waals surface area contributed by atoms with Crippen LogP contribution in [0.2, 0.25) is 0 Å². The van der Waals surface area contributed by atoms with Gasteiger partial charge in [0, 0.05) is 17.0 Å². The number of nitrogens with zero attached hydrogens (tertiary/aromatic N) is 3. The smallest absolute Gasteiger partial charge is 0.165 e. The van der Waals surface area contributed by atoms with Crippen LogP contribution < -0.4 is 11.5 Å². The molecule has 1 saturated carbocycles. The van der Waals surface area contributed by atoms with Crippen molar-refractivity contribution >= 4 is 49.4 Å². The lowest BCUT2D eigenvalue weighted by Gasteiger charge is -2.27. The van der Waals surface area contributed by atoms with Crippen molar-refractivity contribution < 1.29 is 14.6 Å². The molecule has 5 rings (SSSR count). The number of rotatable bonds is 4. The van der Waals surface area contributed by atoms with Gasteiger partial charge in [0.15, 0.2) is 5.82 Å². The summed E-state index contributed by atoms with van der Waals surface area (Å²) in [6.07, 6.45) is 7.56. The normalized spacial score (nSPS) is 24.6. The first-order chi connectivity index (χ1) is 16.2. The third-order valence-corrected chi connectivity index (χ3v) is 7.59. The van der Waals surface area contributed by atoms with Gasteiger partial charge in [0.1, 0.15) is 17.7 Å². The quantitative estimate of drug-likeness (QED) is 0.303. The molecule has 0 saturated heterocycles. The van der Waals surface area contributed by atoms with Crippen molar-refractivity contribution in [2.24, 2.45) is 5.41 Å². The molecule has 174 valence electrons. The highest BCUT2D eigenvalue weighted by molar-refractivity contribution is 9.10. The number of aliphatic hydroxyl groups excluding tert-OH is 2. The maximum absolute atomic E-state index is 14.6. The van der Waals surface area contributed by atoms with Crippen LogP contribution in [0.15, 0.2) is 47.2 Å². The monoisotopic (exact) mass is 523 g/mol. The molecule has 3 aromatic heterocycles. The predicted molar refractivity (Wildman–Crippen MR) is 133 cm³/mol. The molecule has 0 amide bonds. The lowest BCUT2D eigenvalue weighted by Crippen LogP contribution is -2.36. The van der Waals surface area contributed by atoms with Crippen LogP contribution in [0.3, 0.4) is 0 Å². The maximum Gasteiger partial charge on any atom is 0.165 e. The Morgan fingerprint density at radius 1 is 1.24 bits per heavy atom. The second-order valence-electron chi connectivity index (χ2n) is 8.87. The Kier molecular flexibility index (Phi) is 5.47. The van der Waals surface area contributed by atoms with Crippen molar-refractivity contribution in [3.63, 3.8) is 0 Å². The summed E-state index contributed by atoms with van der Waals surface area (Å²) < 4.78 is 17.0. The van der Waals surface area contributed by atoms with E-state index in [-0.39, 0.29) is 17.8 Å². The summed E-state index contributed by atoms with van der Waals surface area (Å²) in [5, 5.41) is 23.4. The van der Waals surface area contributed by atoms with Crippen molar-refractivity contribution in [1.29, 1.82) is 0 Å². The number of benzene rings is 1. The van der Waals surface area contributed by atoms with E-state index in [0.717, 1.165) is 27.1 Å². The molecule has 1 fully saturated rings. The topological polar surface area (TPSA) is 123 Å². The van der Waals surface area contributed by atoms with Crippen LogP contribution in [0, 0.1) is 23.6 Å². The van der Waals surface area contributed by atoms with E-state index in [1.165, 1.54) is 0 Å². The molecule has 4 atom stereocenters. The first-order valence-corrected chi connectivity index (χ1v) is 11.6. The number of anilines is 2. The number of halogens is 2. The van der Waals surface area contributed by atoms with Gasteiger partial charge in [-0.05, 0) is 59.0 Å². The standard InChI is InChI=1S/C25H23BrFN5O2/c1-2-25(7-5-13-3-4-14-10-16(26)24(29)31-18(14)9-13)11-19(21(33)22(25)34)32-8-6-15-20(32)17(27)12-30-23(15)28/h1,3-4,6,8-10,12,19,21-22,33-34H,5,7,11H2,(H2,28,30)(H2,29,31)/t19-,21+,22+,25+/m1/s1. The summed E-state index contributed by atoms with van der Waals surface area (Å²) in [6, 6.07) is 8.84. The Balaban J connectivity index is 1.44. The number of pyridine rings is 2. The van der Waals surface area contributed by atoms with Gasteiger partial charge in [-0.15, -0.1) is 6.42 Å². The number of nitrogens with two attached hydrogens (primary N) is 2. The number of aliphatic hydroxyl groups is 2. The Bertz CT molecular complexity index is 1470. The van der Waals surface area contributed by atoms with Crippen LogP contribution in [0.25, 0.3) is 21.8 Å². The zero-order valence-electron chi connectivity index (χ0n) is 18.1. The van der Waals surface area contributed by atoms with Crippen LogP contribution >= 0.6 is 15.9 Å². The van der Waals surface area contributed by atoms with Gasteiger partial charge in [-0.1, -0.05) is 18.1 Å². The summed E-state index contributed by atoms with van der Waals surface area (Å²) >= 11 is 3.39. The van der Waals surface area contributed by atoms with E-state index in [0.29, 0.717) is 24.0 Å². The minimum Gasteiger partial charge on any atom is -0.389 e. The molecule has 1 aromatic carbocycles. The summed E-state index contributed by atoms with van der Waals surface area (Å²) in [4.78, 5) is 8.27. The number of hydrogen-bond donors (Lipinski definition) is 4. The molecule has 7 nitrogen and oxygen atoms in total. The third-order valence-electron chi connectivity index (χ3n) is 6.96. The van der Waals surface area contributed by atoms with E-state index >= 15 is 0 Å². The van der Waals surface area contributed by atoms with Gasteiger partial charge >= 0.3 is 0 Å². The van der Waals surface area contributed by atoms with E-state index in [1.54, 1.807) is 16.8 Å². The molecular weight excluding hydrogens is 501 g/mol. The molecule has 0 aliphatic heterocycles.